The number of hydrogen-bond acceptors (Lipinski definition) is 3. The van der Waals surface area contributed by atoms with E-state index < -0.39 is 6.61 Å². The van der Waals surface area contributed by atoms with Gasteiger partial charge in [-0.2, -0.15) is 8.78 Å². The number of fused-ring (bicyclic) bond motifs is 1. The van der Waals surface area contributed by atoms with Gasteiger partial charge in [0.1, 0.15) is 5.75 Å². The van der Waals surface area contributed by atoms with Crippen LogP contribution in [0.15, 0.2) is 35.7 Å². The van der Waals surface area contributed by atoms with Gasteiger partial charge in [-0.25, -0.2) is 0 Å². The normalized spacial score (nSPS) is 17.9. The Morgan fingerprint density at radius 2 is 2.10 bits per heavy atom. The van der Waals surface area contributed by atoms with Crippen LogP contribution in [-0.4, -0.2) is 6.61 Å². The molecular weight excluding hydrogens is 280 g/mol. The van der Waals surface area contributed by atoms with Crippen molar-refractivity contribution in [2.75, 3.05) is 5.32 Å². The van der Waals surface area contributed by atoms with Gasteiger partial charge < -0.3 is 10.1 Å². The molecule has 1 aromatic carbocycles. The Balaban J connectivity index is 1.82. The van der Waals surface area contributed by atoms with Crippen LogP contribution in [0.5, 0.6) is 5.75 Å². The zero-order chi connectivity index (χ0) is 13.9. The SMILES string of the molecule is FC(F)Oc1ccccc1NC1CCCc2sccc21. The Morgan fingerprint density at radius 1 is 1.25 bits per heavy atom. The Hall–Kier alpha value is -1.62. The van der Waals surface area contributed by atoms with Crippen LogP contribution in [0.4, 0.5) is 14.5 Å². The molecule has 1 atom stereocenters. The van der Waals surface area contributed by atoms with Crippen molar-refractivity contribution in [3.8, 4) is 5.75 Å². The summed E-state index contributed by atoms with van der Waals surface area (Å²) in [4.78, 5) is 1.39. The number of nitrogens with one attached hydrogen (secondary N) is 1. The van der Waals surface area contributed by atoms with E-state index in [1.165, 1.54) is 10.4 Å². The van der Waals surface area contributed by atoms with Gasteiger partial charge in [0.2, 0.25) is 0 Å². The maximum atomic E-state index is 12.4. The van der Waals surface area contributed by atoms with E-state index in [1.54, 1.807) is 29.5 Å². The van der Waals surface area contributed by atoms with E-state index in [2.05, 4.69) is 21.5 Å². The molecule has 2 nitrogen and oxygen atoms in total. The molecule has 3 rings (SSSR count). The van der Waals surface area contributed by atoms with Gasteiger partial charge >= 0.3 is 6.61 Å². The second-order valence-corrected chi connectivity index (χ2v) is 5.76. The van der Waals surface area contributed by atoms with Crippen LogP contribution >= 0.6 is 11.3 Å². The van der Waals surface area contributed by atoms with Crippen molar-refractivity contribution in [2.24, 2.45) is 0 Å². The number of rotatable bonds is 4. The molecule has 1 aliphatic rings. The average Bonchev–Trinajstić information content (AvgIpc) is 2.90. The topological polar surface area (TPSA) is 21.3 Å². The molecule has 0 fully saturated rings. The lowest BCUT2D eigenvalue weighted by Gasteiger charge is -2.25. The molecular formula is C15H15F2NOS. The van der Waals surface area contributed by atoms with Gasteiger partial charge in [0, 0.05) is 4.88 Å². The third-order valence-electron chi connectivity index (χ3n) is 3.48. The van der Waals surface area contributed by atoms with Crippen LogP contribution < -0.4 is 10.1 Å². The summed E-state index contributed by atoms with van der Waals surface area (Å²) in [6.07, 6.45) is 3.23. The Bertz CT molecular complexity index is 585. The molecule has 1 aliphatic carbocycles. The van der Waals surface area contributed by atoms with E-state index in [0.29, 0.717) is 5.69 Å². The third-order valence-corrected chi connectivity index (χ3v) is 4.48. The fourth-order valence-electron chi connectivity index (χ4n) is 2.61. The maximum absolute atomic E-state index is 12.4. The lowest BCUT2D eigenvalue weighted by atomic mass is 9.94. The first-order valence-electron chi connectivity index (χ1n) is 6.60. The summed E-state index contributed by atoms with van der Waals surface area (Å²) in [7, 11) is 0. The quantitative estimate of drug-likeness (QED) is 0.871. The summed E-state index contributed by atoms with van der Waals surface area (Å²) in [5.74, 6) is 0.199. The number of para-hydroxylation sites is 2. The summed E-state index contributed by atoms with van der Waals surface area (Å²) in [5.41, 5.74) is 1.91. The highest BCUT2D eigenvalue weighted by atomic mass is 32.1. The van der Waals surface area contributed by atoms with Crippen LogP contribution in [0.3, 0.4) is 0 Å². The van der Waals surface area contributed by atoms with Gasteiger partial charge in [-0.15, -0.1) is 11.3 Å². The van der Waals surface area contributed by atoms with E-state index >= 15 is 0 Å². The van der Waals surface area contributed by atoms with Crippen LogP contribution in [-0.2, 0) is 6.42 Å². The van der Waals surface area contributed by atoms with E-state index in [-0.39, 0.29) is 11.8 Å². The smallest absolute Gasteiger partial charge is 0.387 e. The zero-order valence-electron chi connectivity index (χ0n) is 10.8. The molecule has 5 heteroatoms. The molecule has 20 heavy (non-hydrogen) atoms. The summed E-state index contributed by atoms with van der Waals surface area (Å²) >= 11 is 1.76. The highest BCUT2D eigenvalue weighted by Crippen LogP contribution is 2.37. The number of anilines is 1. The summed E-state index contributed by atoms with van der Waals surface area (Å²) in [5, 5.41) is 5.43. The first kappa shape index (κ1) is 13.4. The molecule has 0 amide bonds. The molecule has 1 heterocycles. The summed E-state index contributed by atoms with van der Waals surface area (Å²) in [6.45, 7) is -2.80. The molecule has 2 aromatic rings. The van der Waals surface area contributed by atoms with Crippen molar-refractivity contribution in [1.82, 2.24) is 0 Å². The first-order chi connectivity index (χ1) is 9.74. The monoisotopic (exact) mass is 295 g/mol. The first-order valence-corrected chi connectivity index (χ1v) is 7.48. The van der Waals surface area contributed by atoms with E-state index in [9.17, 15) is 8.78 Å². The minimum atomic E-state index is -2.80. The molecule has 0 bridgehead atoms. The van der Waals surface area contributed by atoms with Gasteiger partial charge in [-0.3, -0.25) is 0 Å². The minimum absolute atomic E-state index is 0.174. The highest BCUT2D eigenvalue weighted by molar-refractivity contribution is 7.10. The Labute approximate surface area is 120 Å². The standard InChI is InChI=1S/C15H15F2NOS/c16-15(17)19-13-6-2-1-4-12(13)18-11-5-3-7-14-10(11)8-9-20-14/h1-2,4,6,8-9,11,15,18H,3,5,7H2. The number of hydrogen-bond donors (Lipinski definition) is 1. The van der Waals surface area contributed by atoms with E-state index in [4.69, 9.17) is 0 Å². The van der Waals surface area contributed by atoms with Crippen molar-refractivity contribution in [3.05, 3.63) is 46.2 Å². The van der Waals surface area contributed by atoms with Crippen LogP contribution in [0.1, 0.15) is 29.3 Å². The highest BCUT2D eigenvalue weighted by Gasteiger charge is 2.22. The number of alkyl halides is 2. The fraction of sp³-hybridized carbons (Fsp3) is 0.333. The van der Waals surface area contributed by atoms with E-state index in [1.807, 2.05) is 6.07 Å². The molecule has 1 N–H and O–H groups in total. The van der Waals surface area contributed by atoms with Gasteiger partial charge in [-0.1, -0.05) is 12.1 Å². The van der Waals surface area contributed by atoms with Crippen molar-refractivity contribution >= 4 is 17.0 Å². The molecule has 0 saturated carbocycles. The molecule has 106 valence electrons. The third kappa shape index (κ3) is 2.77. The number of thiophene rings is 1. The Morgan fingerprint density at radius 3 is 2.95 bits per heavy atom. The number of halogens is 2. The van der Waals surface area contributed by atoms with Gasteiger partial charge in [0.15, 0.2) is 0 Å². The molecule has 0 aliphatic heterocycles. The van der Waals surface area contributed by atoms with Crippen molar-refractivity contribution in [1.29, 1.82) is 0 Å². The van der Waals surface area contributed by atoms with Crippen LogP contribution in [0.2, 0.25) is 0 Å². The Kier molecular flexibility index (Phi) is 3.87. The molecule has 1 aromatic heterocycles. The zero-order valence-corrected chi connectivity index (χ0v) is 11.6. The molecule has 0 saturated heterocycles. The van der Waals surface area contributed by atoms with Crippen LogP contribution in [0.25, 0.3) is 0 Å². The lowest BCUT2D eigenvalue weighted by Crippen LogP contribution is -2.16. The summed E-state index contributed by atoms with van der Waals surface area (Å²) < 4.78 is 29.4. The number of ether oxygens (including phenoxy) is 1. The number of aryl methyl sites for hydroxylation is 1. The average molecular weight is 295 g/mol. The predicted molar refractivity (Wildman–Crippen MR) is 76.7 cm³/mol. The van der Waals surface area contributed by atoms with Gasteiger partial charge in [-0.05, 0) is 48.4 Å². The van der Waals surface area contributed by atoms with Crippen molar-refractivity contribution in [2.45, 2.75) is 31.9 Å². The predicted octanol–water partition coefficient (Wildman–Crippen LogP) is 4.84. The van der Waals surface area contributed by atoms with Crippen molar-refractivity contribution in [3.63, 3.8) is 0 Å². The van der Waals surface area contributed by atoms with E-state index in [0.717, 1.165) is 19.3 Å². The molecule has 0 radical (unpaired) electrons. The lowest BCUT2D eigenvalue weighted by molar-refractivity contribution is -0.0493. The van der Waals surface area contributed by atoms with Gasteiger partial charge in [0.05, 0.1) is 11.7 Å². The minimum Gasteiger partial charge on any atom is -0.433 e. The second kappa shape index (κ2) is 5.79. The van der Waals surface area contributed by atoms with Crippen LogP contribution in [0, 0.1) is 0 Å². The largest absolute Gasteiger partial charge is 0.433 e. The summed E-state index contributed by atoms with van der Waals surface area (Å²) in [6, 6.07) is 9.14. The molecule has 1 unspecified atom stereocenters. The second-order valence-electron chi connectivity index (χ2n) is 4.76. The van der Waals surface area contributed by atoms with Crippen molar-refractivity contribution < 1.29 is 13.5 Å². The van der Waals surface area contributed by atoms with Gasteiger partial charge in [0.25, 0.3) is 0 Å². The number of benzene rings is 1. The fourth-order valence-corrected chi connectivity index (χ4v) is 3.60. The molecule has 0 spiro atoms. The maximum Gasteiger partial charge on any atom is 0.387 e.